The Morgan fingerprint density at radius 2 is 2.15 bits per heavy atom. The van der Waals surface area contributed by atoms with Gasteiger partial charge in [0, 0.05) is 24.8 Å². The first kappa shape index (κ1) is 13.4. The molecule has 2 unspecified atom stereocenters. The van der Waals surface area contributed by atoms with Crippen molar-refractivity contribution < 1.29 is 4.79 Å². The average molecular weight is 273 g/mol. The summed E-state index contributed by atoms with van der Waals surface area (Å²) in [6.45, 7) is 6.00. The quantitative estimate of drug-likeness (QED) is 0.879. The van der Waals surface area contributed by atoms with Gasteiger partial charge in [0.1, 0.15) is 0 Å². The molecule has 3 rings (SSSR count). The maximum absolute atomic E-state index is 12.4. The number of hydrogen-bond donors (Lipinski definition) is 2. The van der Waals surface area contributed by atoms with Gasteiger partial charge in [-0.15, -0.1) is 0 Å². The number of likely N-dealkylation sites (tertiary alicyclic amines) is 1. The molecule has 2 heterocycles. The van der Waals surface area contributed by atoms with E-state index in [0.29, 0.717) is 12.6 Å². The first-order valence-electron chi connectivity index (χ1n) is 7.60. The summed E-state index contributed by atoms with van der Waals surface area (Å²) < 4.78 is 0. The van der Waals surface area contributed by atoms with Gasteiger partial charge in [0.2, 0.25) is 5.91 Å². The number of para-hydroxylation sites is 1. The highest BCUT2D eigenvalue weighted by Crippen LogP contribution is 2.30. The van der Waals surface area contributed by atoms with Crippen LogP contribution in [0.5, 0.6) is 0 Å². The molecule has 0 aliphatic carbocycles. The Kier molecular flexibility index (Phi) is 3.92. The highest BCUT2D eigenvalue weighted by Gasteiger charge is 2.28. The van der Waals surface area contributed by atoms with Crippen LogP contribution in [-0.2, 0) is 4.79 Å². The summed E-state index contributed by atoms with van der Waals surface area (Å²) in [5.41, 5.74) is 2.22. The minimum absolute atomic E-state index is 0.0445. The molecule has 2 aliphatic rings. The number of amides is 1. The van der Waals surface area contributed by atoms with Crippen LogP contribution >= 0.6 is 0 Å². The standard InChI is InChI=1S/C16H23N3O/c1-12(19-8-4-5-9-19)10-18-16(20)14-11-17-15-7-3-2-6-13(14)15/h2-3,6-7,12,14,17H,4-5,8-11H2,1H3,(H,18,20). The fourth-order valence-corrected chi connectivity index (χ4v) is 3.20. The maximum atomic E-state index is 12.4. The van der Waals surface area contributed by atoms with Crippen molar-refractivity contribution in [3.63, 3.8) is 0 Å². The predicted octanol–water partition coefficient (Wildman–Crippen LogP) is 1.80. The molecule has 1 fully saturated rings. The Labute approximate surface area is 120 Å². The third-order valence-corrected chi connectivity index (χ3v) is 4.49. The van der Waals surface area contributed by atoms with Gasteiger partial charge in [-0.2, -0.15) is 0 Å². The molecule has 1 amide bonds. The number of carbonyl (C=O) groups excluding carboxylic acids is 1. The van der Waals surface area contributed by atoms with Crippen molar-refractivity contribution >= 4 is 11.6 Å². The van der Waals surface area contributed by atoms with E-state index in [9.17, 15) is 4.79 Å². The Balaban J connectivity index is 1.55. The zero-order chi connectivity index (χ0) is 13.9. The van der Waals surface area contributed by atoms with Gasteiger partial charge in [-0.3, -0.25) is 9.69 Å². The Morgan fingerprint density at radius 3 is 2.95 bits per heavy atom. The summed E-state index contributed by atoms with van der Waals surface area (Å²) in [6.07, 6.45) is 2.58. The first-order valence-corrected chi connectivity index (χ1v) is 7.60. The summed E-state index contributed by atoms with van der Waals surface area (Å²) in [5.74, 6) is 0.102. The number of benzene rings is 1. The van der Waals surface area contributed by atoms with Crippen LogP contribution in [0.1, 0.15) is 31.2 Å². The summed E-state index contributed by atoms with van der Waals surface area (Å²) >= 11 is 0. The van der Waals surface area contributed by atoms with Gasteiger partial charge in [-0.25, -0.2) is 0 Å². The highest BCUT2D eigenvalue weighted by molar-refractivity contribution is 5.88. The molecule has 0 saturated carbocycles. The molecule has 2 aliphatic heterocycles. The van der Waals surface area contributed by atoms with Crippen LogP contribution < -0.4 is 10.6 Å². The number of rotatable bonds is 4. The molecule has 4 nitrogen and oxygen atoms in total. The molecule has 0 bridgehead atoms. The van der Waals surface area contributed by atoms with Gasteiger partial charge < -0.3 is 10.6 Å². The van der Waals surface area contributed by atoms with Crippen LogP contribution in [-0.4, -0.2) is 43.0 Å². The summed E-state index contributed by atoms with van der Waals surface area (Å²) in [4.78, 5) is 14.8. The van der Waals surface area contributed by atoms with E-state index in [0.717, 1.165) is 17.8 Å². The molecule has 4 heteroatoms. The molecular formula is C16H23N3O. The van der Waals surface area contributed by atoms with E-state index in [1.807, 2.05) is 24.3 Å². The van der Waals surface area contributed by atoms with E-state index in [2.05, 4.69) is 22.5 Å². The lowest BCUT2D eigenvalue weighted by atomic mass is 10.0. The summed E-state index contributed by atoms with van der Waals surface area (Å²) in [5, 5.41) is 6.42. The number of nitrogens with zero attached hydrogens (tertiary/aromatic N) is 1. The number of nitrogens with one attached hydrogen (secondary N) is 2. The van der Waals surface area contributed by atoms with Gasteiger partial charge in [-0.1, -0.05) is 18.2 Å². The second-order valence-corrected chi connectivity index (χ2v) is 5.86. The number of hydrogen-bond acceptors (Lipinski definition) is 3. The number of anilines is 1. The Morgan fingerprint density at radius 1 is 1.40 bits per heavy atom. The second kappa shape index (κ2) is 5.83. The lowest BCUT2D eigenvalue weighted by Gasteiger charge is -2.24. The minimum atomic E-state index is -0.0445. The molecule has 2 N–H and O–H groups in total. The monoisotopic (exact) mass is 273 g/mol. The maximum Gasteiger partial charge on any atom is 0.229 e. The van der Waals surface area contributed by atoms with Crippen LogP contribution in [0, 0.1) is 0 Å². The average Bonchev–Trinajstić information content (AvgIpc) is 3.13. The van der Waals surface area contributed by atoms with Crippen molar-refractivity contribution in [1.82, 2.24) is 10.2 Å². The molecule has 108 valence electrons. The zero-order valence-electron chi connectivity index (χ0n) is 12.1. The Hall–Kier alpha value is -1.55. The van der Waals surface area contributed by atoms with Gasteiger partial charge >= 0.3 is 0 Å². The van der Waals surface area contributed by atoms with Gasteiger partial charge in [0.25, 0.3) is 0 Å². The smallest absolute Gasteiger partial charge is 0.229 e. The van der Waals surface area contributed by atoms with Crippen molar-refractivity contribution in [3.05, 3.63) is 29.8 Å². The normalized spacial score (nSPS) is 23.1. The van der Waals surface area contributed by atoms with Crippen molar-refractivity contribution in [1.29, 1.82) is 0 Å². The van der Waals surface area contributed by atoms with Crippen LogP contribution in [0.2, 0.25) is 0 Å². The number of carbonyl (C=O) groups is 1. The number of fused-ring (bicyclic) bond motifs is 1. The molecule has 0 spiro atoms. The molecule has 20 heavy (non-hydrogen) atoms. The fourth-order valence-electron chi connectivity index (χ4n) is 3.20. The van der Waals surface area contributed by atoms with E-state index < -0.39 is 0 Å². The van der Waals surface area contributed by atoms with Crippen LogP contribution in [0.3, 0.4) is 0 Å². The zero-order valence-corrected chi connectivity index (χ0v) is 12.1. The second-order valence-electron chi connectivity index (χ2n) is 5.86. The third kappa shape index (κ3) is 2.66. The predicted molar refractivity (Wildman–Crippen MR) is 81.0 cm³/mol. The SMILES string of the molecule is CC(CNC(=O)C1CNc2ccccc21)N1CCCC1. The molecule has 0 aromatic heterocycles. The van der Waals surface area contributed by atoms with Crippen molar-refractivity contribution in [2.45, 2.75) is 31.7 Å². The van der Waals surface area contributed by atoms with E-state index in [1.165, 1.54) is 25.9 Å². The molecule has 1 aromatic rings. The van der Waals surface area contributed by atoms with E-state index >= 15 is 0 Å². The lowest BCUT2D eigenvalue weighted by Crippen LogP contribution is -2.42. The third-order valence-electron chi connectivity index (χ3n) is 4.49. The van der Waals surface area contributed by atoms with E-state index in [-0.39, 0.29) is 11.8 Å². The molecule has 1 saturated heterocycles. The van der Waals surface area contributed by atoms with Gasteiger partial charge in [-0.05, 0) is 44.5 Å². The fraction of sp³-hybridized carbons (Fsp3) is 0.562. The van der Waals surface area contributed by atoms with E-state index in [4.69, 9.17) is 0 Å². The minimum Gasteiger partial charge on any atom is -0.384 e. The molecule has 0 radical (unpaired) electrons. The topological polar surface area (TPSA) is 44.4 Å². The van der Waals surface area contributed by atoms with Crippen molar-refractivity contribution in [2.24, 2.45) is 0 Å². The van der Waals surface area contributed by atoms with Gasteiger partial charge in [0.05, 0.1) is 5.92 Å². The van der Waals surface area contributed by atoms with Gasteiger partial charge in [0.15, 0.2) is 0 Å². The lowest BCUT2D eigenvalue weighted by molar-refractivity contribution is -0.122. The summed E-state index contributed by atoms with van der Waals surface area (Å²) in [7, 11) is 0. The summed E-state index contributed by atoms with van der Waals surface area (Å²) in [6, 6.07) is 8.52. The first-order chi connectivity index (χ1) is 9.75. The molecular weight excluding hydrogens is 250 g/mol. The van der Waals surface area contributed by atoms with Crippen molar-refractivity contribution in [3.8, 4) is 0 Å². The van der Waals surface area contributed by atoms with Crippen LogP contribution in [0.25, 0.3) is 0 Å². The van der Waals surface area contributed by atoms with E-state index in [1.54, 1.807) is 0 Å². The highest BCUT2D eigenvalue weighted by atomic mass is 16.1. The molecule has 1 aromatic carbocycles. The van der Waals surface area contributed by atoms with Crippen LogP contribution in [0.4, 0.5) is 5.69 Å². The Bertz CT molecular complexity index is 482. The van der Waals surface area contributed by atoms with Crippen LogP contribution in [0.15, 0.2) is 24.3 Å². The largest absolute Gasteiger partial charge is 0.384 e. The molecule has 2 atom stereocenters. The van der Waals surface area contributed by atoms with Crippen molar-refractivity contribution in [2.75, 3.05) is 31.5 Å².